The number of anilines is 1. The van der Waals surface area contributed by atoms with Crippen molar-refractivity contribution in [3.05, 3.63) is 54.1 Å². The molecule has 0 aliphatic heterocycles. The van der Waals surface area contributed by atoms with Crippen molar-refractivity contribution >= 4 is 38.9 Å². The number of para-hydroxylation sites is 1. The van der Waals surface area contributed by atoms with Crippen LogP contribution in [0, 0.1) is 0 Å². The van der Waals surface area contributed by atoms with Crippen LogP contribution in [0.3, 0.4) is 0 Å². The molecule has 0 radical (unpaired) electrons. The number of carbonyl (C=O) groups is 1. The van der Waals surface area contributed by atoms with Gasteiger partial charge < -0.3 is 10.1 Å². The van der Waals surface area contributed by atoms with Crippen LogP contribution in [0.25, 0.3) is 0 Å². The van der Waals surface area contributed by atoms with E-state index in [1.54, 1.807) is 36.4 Å². The molecule has 2 aromatic rings. The third-order valence-corrected chi connectivity index (χ3v) is 5.37. The predicted octanol–water partition coefficient (Wildman–Crippen LogP) is 3.29. The maximum absolute atomic E-state index is 12.5. The molecule has 0 aliphatic rings. The standard InChI is InChI=1S/C20H25N3O4S2/c1-4-13-21-29(25,26)16-11-9-15(10-12-16)22-20(28)23-19(24)17-7-5-6-8-18(17)27-14(2)3/h5-12,14,21H,4,13H2,1-3H3,(H2,22,23,24,28). The predicted molar refractivity (Wildman–Crippen MR) is 118 cm³/mol. The Morgan fingerprint density at radius 3 is 2.38 bits per heavy atom. The molecule has 0 spiro atoms. The van der Waals surface area contributed by atoms with E-state index in [-0.39, 0.29) is 16.1 Å². The van der Waals surface area contributed by atoms with Crippen LogP contribution < -0.4 is 20.1 Å². The van der Waals surface area contributed by atoms with Crippen molar-refractivity contribution in [1.82, 2.24) is 10.0 Å². The lowest BCUT2D eigenvalue weighted by molar-refractivity contribution is 0.0972. The van der Waals surface area contributed by atoms with Gasteiger partial charge in [0.05, 0.1) is 16.6 Å². The Kier molecular flexibility index (Phi) is 8.12. The first-order chi connectivity index (χ1) is 13.7. The van der Waals surface area contributed by atoms with E-state index in [9.17, 15) is 13.2 Å². The summed E-state index contributed by atoms with van der Waals surface area (Å²) in [6.07, 6.45) is 0.633. The average molecular weight is 436 g/mol. The third-order valence-electron chi connectivity index (χ3n) is 3.69. The fourth-order valence-corrected chi connectivity index (χ4v) is 3.73. The topological polar surface area (TPSA) is 96.5 Å². The second-order valence-electron chi connectivity index (χ2n) is 6.49. The number of rotatable bonds is 8. The van der Waals surface area contributed by atoms with Crippen molar-refractivity contribution < 1.29 is 17.9 Å². The molecule has 29 heavy (non-hydrogen) atoms. The summed E-state index contributed by atoms with van der Waals surface area (Å²) in [5.41, 5.74) is 0.922. The summed E-state index contributed by atoms with van der Waals surface area (Å²) >= 11 is 5.19. The van der Waals surface area contributed by atoms with E-state index in [2.05, 4.69) is 15.4 Å². The van der Waals surface area contributed by atoms with Crippen molar-refractivity contribution in [3.8, 4) is 5.75 Å². The molecule has 1 amide bonds. The van der Waals surface area contributed by atoms with E-state index in [0.717, 1.165) is 0 Å². The molecule has 2 rings (SSSR count). The first kappa shape index (κ1) is 22.8. The Balaban J connectivity index is 2.02. The van der Waals surface area contributed by atoms with Crippen LogP contribution in [0.2, 0.25) is 0 Å². The van der Waals surface area contributed by atoms with Gasteiger partial charge in [0.1, 0.15) is 5.75 Å². The molecule has 9 heteroatoms. The van der Waals surface area contributed by atoms with Gasteiger partial charge in [-0.1, -0.05) is 19.1 Å². The molecule has 0 aromatic heterocycles. The maximum atomic E-state index is 12.5. The van der Waals surface area contributed by atoms with Gasteiger partial charge in [-0.05, 0) is 68.9 Å². The van der Waals surface area contributed by atoms with E-state index in [1.165, 1.54) is 12.1 Å². The zero-order chi connectivity index (χ0) is 21.4. The first-order valence-corrected chi connectivity index (χ1v) is 11.1. The quantitative estimate of drug-likeness (QED) is 0.551. The van der Waals surface area contributed by atoms with Gasteiger partial charge in [0.2, 0.25) is 10.0 Å². The van der Waals surface area contributed by atoms with Gasteiger partial charge in [-0.15, -0.1) is 0 Å². The molecule has 0 unspecified atom stereocenters. The first-order valence-electron chi connectivity index (χ1n) is 9.20. The fourth-order valence-electron chi connectivity index (χ4n) is 2.38. The molecular formula is C20H25N3O4S2. The van der Waals surface area contributed by atoms with E-state index in [0.29, 0.717) is 30.0 Å². The number of benzene rings is 2. The highest BCUT2D eigenvalue weighted by Crippen LogP contribution is 2.19. The molecule has 3 N–H and O–H groups in total. The molecule has 2 aromatic carbocycles. The zero-order valence-electron chi connectivity index (χ0n) is 16.6. The van der Waals surface area contributed by atoms with Crippen molar-refractivity contribution in [1.29, 1.82) is 0 Å². The molecule has 0 saturated carbocycles. The number of hydrogen-bond acceptors (Lipinski definition) is 5. The monoisotopic (exact) mass is 435 g/mol. The molecule has 0 bridgehead atoms. The van der Waals surface area contributed by atoms with Crippen molar-refractivity contribution in [2.45, 2.75) is 38.2 Å². The molecule has 0 aliphatic carbocycles. The Morgan fingerprint density at radius 2 is 1.76 bits per heavy atom. The molecule has 0 heterocycles. The second-order valence-corrected chi connectivity index (χ2v) is 8.67. The summed E-state index contributed by atoms with van der Waals surface area (Å²) in [5, 5.41) is 5.56. The summed E-state index contributed by atoms with van der Waals surface area (Å²) in [6.45, 7) is 6.02. The number of hydrogen-bond donors (Lipinski definition) is 3. The summed E-state index contributed by atoms with van der Waals surface area (Å²) in [6, 6.07) is 13.0. The minimum absolute atomic E-state index is 0.0735. The number of nitrogens with one attached hydrogen (secondary N) is 3. The van der Waals surface area contributed by atoms with Crippen LogP contribution in [-0.4, -0.2) is 32.1 Å². The lowest BCUT2D eigenvalue weighted by Crippen LogP contribution is -2.34. The highest BCUT2D eigenvalue weighted by molar-refractivity contribution is 7.89. The minimum Gasteiger partial charge on any atom is -0.490 e. The Hall–Kier alpha value is -2.49. The molecule has 7 nitrogen and oxygen atoms in total. The third kappa shape index (κ3) is 6.81. The van der Waals surface area contributed by atoms with Gasteiger partial charge in [0.25, 0.3) is 5.91 Å². The molecule has 0 fully saturated rings. The van der Waals surface area contributed by atoms with Gasteiger partial charge in [-0.2, -0.15) is 0 Å². The van der Waals surface area contributed by atoms with E-state index >= 15 is 0 Å². The van der Waals surface area contributed by atoms with E-state index in [4.69, 9.17) is 17.0 Å². The van der Waals surface area contributed by atoms with Crippen LogP contribution >= 0.6 is 12.2 Å². The summed E-state index contributed by atoms with van der Waals surface area (Å²) < 4.78 is 32.4. The Bertz CT molecular complexity index is 958. The molecule has 0 saturated heterocycles. The molecule has 156 valence electrons. The summed E-state index contributed by atoms with van der Waals surface area (Å²) in [5.74, 6) is 0.0682. The zero-order valence-corrected chi connectivity index (χ0v) is 18.2. The fraction of sp³-hybridized carbons (Fsp3) is 0.300. The van der Waals surface area contributed by atoms with Crippen LogP contribution in [-0.2, 0) is 10.0 Å². The Morgan fingerprint density at radius 1 is 1.10 bits per heavy atom. The van der Waals surface area contributed by atoms with Crippen LogP contribution in [0.1, 0.15) is 37.6 Å². The largest absolute Gasteiger partial charge is 0.490 e. The normalized spacial score (nSPS) is 11.2. The highest BCUT2D eigenvalue weighted by Gasteiger charge is 2.15. The minimum atomic E-state index is -3.53. The average Bonchev–Trinajstić information content (AvgIpc) is 2.66. The smallest absolute Gasteiger partial charge is 0.261 e. The van der Waals surface area contributed by atoms with Crippen molar-refractivity contribution in [2.24, 2.45) is 0 Å². The van der Waals surface area contributed by atoms with Gasteiger partial charge in [0.15, 0.2) is 5.11 Å². The van der Waals surface area contributed by atoms with Crippen LogP contribution in [0.15, 0.2) is 53.4 Å². The number of amides is 1. The van der Waals surface area contributed by atoms with Gasteiger partial charge in [-0.25, -0.2) is 13.1 Å². The molecular weight excluding hydrogens is 410 g/mol. The number of thiocarbonyl (C=S) groups is 1. The number of ether oxygens (including phenoxy) is 1. The van der Waals surface area contributed by atoms with Crippen LogP contribution in [0.4, 0.5) is 5.69 Å². The summed E-state index contributed by atoms with van der Waals surface area (Å²) in [4.78, 5) is 12.7. The van der Waals surface area contributed by atoms with Gasteiger partial charge in [0, 0.05) is 12.2 Å². The van der Waals surface area contributed by atoms with Crippen molar-refractivity contribution in [3.63, 3.8) is 0 Å². The van der Waals surface area contributed by atoms with Gasteiger partial charge in [-0.3, -0.25) is 10.1 Å². The highest BCUT2D eigenvalue weighted by atomic mass is 32.2. The second kappa shape index (κ2) is 10.3. The maximum Gasteiger partial charge on any atom is 0.261 e. The number of sulfonamides is 1. The summed E-state index contributed by atoms with van der Waals surface area (Å²) in [7, 11) is -3.53. The van der Waals surface area contributed by atoms with E-state index < -0.39 is 15.9 Å². The van der Waals surface area contributed by atoms with Crippen LogP contribution in [0.5, 0.6) is 5.75 Å². The van der Waals surface area contributed by atoms with E-state index in [1.807, 2.05) is 20.8 Å². The lowest BCUT2D eigenvalue weighted by Gasteiger charge is -2.15. The lowest BCUT2D eigenvalue weighted by atomic mass is 10.2. The van der Waals surface area contributed by atoms with Crippen molar-refractivity contribution in [2.75, 3.05) is 11.9 Å². The number of carbonyl (C=O) groups excluding carboxylic acids is 1. The molecule has 0 atom stereocenters. The van der Waals surface area contributed by atoms with Gasteiger partial charge >= 0.3 is 0 Å². The SMILES string of the molecule is CCCNS(=O)(=O)c1ccc(NC(=S)NC(=O)c2ccccc2OC(C)C)cc1. The Labute approximate surface area is 176 Å².